The Bertz CT molecular complexity index is 1160. The normalized spacial score (nSPS) is 14.8. The molecule has 0 unspecified atom stereocenters. The fraction of sp³-hybridized carbons (Fsp3) is 0.240. The molecule has 1 amide bonds. The third-order valence-corrected chi connectivity index (χ3v) is 7.49. The number of rotatable bonds is 7. The maximum atomic E-state index is 13.5. The molecule has 172 valence electrons. The molecule has 1 heterocycles. The largest absolute Gasteiger partial charge is 0.339 e. The molecule has 33 heavy (non-hydrogen) atoms. The van der Waals surface area contributed by atoms with Crippen LogP contribution >= 0.6 is 0 Å². The van der Waals surface area contributed by atoms with Gasteiger partial charge in [0.2, 0.25) is 5.91 Å². The number of anilines is 1. The van der Waals surface area contributed by atoms with Crippen LogP contribution < -0.4 is 4.31 Å². The topological polar surface area (TPSA) is 60.9 Å². The van der Waals surface area contributed by atoms with Crippen LogP contribution in [0.5, 0.6) is 0 Å². The highest BCUT2D eigenvalue weighted by molar-refractivity contribution is 7.92. The predicted molar refractivity (Wildman–Crippen MR) is 126 cm³/mol. The van der Waals surface area contributed by atoms with Crippen molar-refractivity contribution < 1.29 is 17.6 Å². The molecule has 0 bridgehead atoms. The van der Waals surface area contributed by atoms with Crippen molar-refractivity contribution in [2.45, 2.75) is 11.4 Å². The average Bonchev–Trinajstić information content (AvgIpc) is 2.85. The summed E-state index contributed by atoms with van der Waals surface area (Å²) in [6.45, 7) is 2.93. The summed E-state index contributed by atoms with van der Waals surface area (Å²) >= 11 is 0. The van der Waals surface area contributed by atoms with Gasteiger partial charge in [0.15, 0.2) is 0 Å². The van der Waals surface area contributed by atoms with Crippen molar-refractivity contribution in [2.24, 2.45) is 0 Å². The Morgan fingerprint density at radius 2 is 1.39 bits per heavy atom. The van der Waals surface area contributed by atoms with Gasteiger partial charge in [-0.3, -0.25) is 14.0 Å². The highest BCUT2D eigenvalue weighted by Crippen LogP contribution is 2.24. The van der Waals surface area contributed by atoms with E-state index in [1.807, 2.05) is 18.2 Å². The summed E-state index contributed by atoms with van der Waals surface area (Å²) in [6.07, 6.45) is 0. The molecule has 1 fully saturated rings. The lowest BCUT2D eigenvalue weighted by Crippen LogP contribution is -2.51. The molecule has 0 atom stereocenters. The van der Waals surface area contributed by atoms with Crippen molar-refractivity contribution in [1.82, 2.24) is 9.80 Å². The second kappa shape index (κ2) is 10.1. The van der Waals surface area contributed by atoms with Gasteiger partial charge in [-0.1, -0.05) is 48.5 Å². The van der Waals surface area contributed by atoms with Crippen LogP contribution in [0.4, 0.5) is 10.1 Å². The van der Waals surface area contributed by atoms with E-state index in [1.165, 1.54) is 42.0 Å². The van der Waals surface area contributed by atoms with Crippen molar-refractivity contribution >= 4 is 21.6 Å². The van der Waals surface area contributed by atoms with E-state index in [0.29, 0.717) is 26.2 Å². The zero-order chi connectivity index (χ0) is 23.3. The van der Waals surface area contributed by atoms with Crippen LogP contribution in [0.25, 0.3) is 0 Å². The molecular weight excluding hydrogens is 441 g/mol. The molecule has 0 N–H and O–H groups in total. The van der Waals surface area contributed by atoms with E-state index in [4.69, 9.17) is 0 Å². The Balaban J connectivity index is 1.47. The van der Waals surface area contributed by atoms with Crippen LogP contribution in [0.3, 0.4) is 0 Å². The van der Waals surface area contributed by atoms with Crippen molar-refractivity contribution in [2.75, 3.05) is 37.0 Å². The molecule has 0 saturated carbocycles. The van der Waals surface area contributed by atoms with Gasteiger partial charge in [-0.25, -0.2) is 12.8 Å². The number of benzene rings is 3. The summed E-state index contributed by atoms with van der Waals surface area (Å²) in [5, 5.41) is 0. The van der Waals surface area contributed by atoms with Crippen molar-refractivity contribution in [3.63, 3.8) is 0 Å². The van der Waals surface area contributed by atoms with E-state index in [9.17, 15) is 17.6 Å². The monoisotopic (exact) mass is 467 g/mol. The van der Waals surface area contributed by atoms with Crippen LogP contribution in [0.2, 0.25) is 0 Å². The third kappa shape index (κ3) is 5.58. The first kappa shape index (κ1) is 22.9. The molecular formula is C25H26FN3O3S. The van der Waals surface area contributed by atoms with Gasteiger partial charge in [-0.2, -0.15) is 0 Å². The molecule has 1 saturated heterocycles. The Morgan fingerprint density at radius 1 is 0.818 bits per heavy atom. The van der Waals surface area contributed by atoms with Gasteiger partial charge in [0.05, 0.1) is 10.6 Å². The summed E-state index contributed by atoms with van der Waals surface area (Å²) in [7, 11) is -4.00. The van der Waals surface area contributed by atoms with Crippen molar-refractivity contribution in [3.8, 4) is 0 Å². The molecule has 1 aliphatic rings. The van der Waals surface area contributed by atoms with Gasteiger partial charge in [0.1, 0.15) is 12.4 Å². The Morgan fingerprint density at radius 3 is 2.00 bits per heavy atom. The highest BCUT2D eigenvalue weighted by Gasteiger charge is 2.30. The van der Waals surface area contributed by atoms with Gasteiger partial charge >= 0.3 is 0 Å². The second-order valence-corrected chi connectivity index (χ2v) is 9.81. The lowest BCUT2D eigenvalue weighted by molar-refractivity contribution is -0.131. The standard InChI is InChI=1S/C25H26FN3O3S/c26-22-11-13-23(14-12-22)29(33(31,32)24-9-5-2-6-10-24)20-25(30)28-17-15-27(16-18-28)19-21-7-3-1-4-8-21/h1-14H,15-20H2. The Kier molecular flexibility index (Phi) is 7.05. The van der Waals surface area contributed by atoms with Crippen LogP contribution in [0.1, 0.15) is 5.56 Å². The minimum absolute atomic E-state index is 0.0785. The van der Waals surface area contributed by atoms with Crippen LogP contribution in [0, 0.1) is 5.82 Å². The fourth-order valence-electron chi connectivity index (χ4n) is 3.86. The summed E-state index contributed by atoms with van der Waals surface area (Å²) in [5.41, 5.74) is 1.46. The van der Waals surface area contributed by atoms with E-state index in [2.05, 4.69) is 17.0 Å². The van der Waals surface area contributed by atoms with E-state index in [-0.39, 0.29) is 23.0 Å². The number of hydrogen-bond donors (Lipinski definition) is 0. The van der Waals surface area contributed by atoms with Crippen LogP contribution in [-0.2, 0) is 21.4 Å². The number of halogens is 1. The molecule has 0 radical (unpaired) electrons. The zero-order valence-corrected chi connectivity index (χ0v) is 19.0. The molecule has 3 aromatic rings. The summed E-state index contributed by atoms with van der Waals surface area (Å²) in [6, 6.07) is 23.2. The third-order valence-electron chi connectivity index (χ3n) is 5.70. The smallest absolute Gasteiger partial charge is 0.264 e. The number of hydrogen-bond acceptors (Lipinski definition) is 4. The maximum absolute atomic E-state index is 13.5. The molecule has 4 rings (SSSR count). The van der Waals surface area contributed by atoms with Gasteiger partial charge in [0, 0.05) is 32.7 Å². The number of piperazine rings is 1. The first-order chi connectivity index (χ1) is 15.9. The van der Waals surface area contributed by atoms with E-state index in [1.54, 1.807) is 23.1 Å². The molecule has 0 spiro atoms. The lowest BCUT2D eigenvalue weighted by atomic mass is 10.2. The summed E-state index contributed by atoms with van der Waals surface area (Å²) < 4.78 is 41.2. The number of carbonyl (C=O) groups is 1. The number of carbonyl (C=O) groups excluding carboxylic acids is 1. The molecule has 3 aromatic carbocycles. The van der Waals surface area contributed by atoms with E-state index >= 15 is 0 Å². The van der Waals surface area contributed by atoms with Gasteiger partial charge in [0.25, 0.3) is 10.0 Å². The minimum atomic E-state index is -4.00. The van der Waals surface area contributed by atoms with Crippen LogP contribution in [0.15, 0.2) is 89.8 Å². The molecule has 0 aliphatic carbocycles. The molecule has 0 aromatic heterocycles. The number of nitrogens with zero attached hydrogens (tertiary/aromatic N) is 3. The maximum Gasteiger partial charge on any atom is 0.264 e. The summed E-state index contributed by atoms with van der Waals surface area (Å²) in [4.78, 5) is 17.2. The summed E-state index contributed by atoms with van der Waals surface area (Å²) in [5.74, 6) is -0.755. The first-order valence-electron chi connectivity index (χ1n) is 10.8. The molecule has 1 aliphatic heterocycles. The highest BCUT2D eigenvalue weighted by atomic mass is 32.2. The minimum Gasteiger partial charge on any atom is -0.339 e. The molecule has 6 nitrogen and oxygen atoms in total. The predicted octanol–water partition coefficient (Wildman–Crippen LogP) is 3.37. The number of sulfonamides is 1. The quantitative estimate of drug-likeness (QED) is 0.535. The van der Waals surface area contributed by atoms with Crippen molar-refractivity contribution in [1.29, 1.82) is 0 Å². The SMILES string of the molecule is O=C(CN(c1ccc(F)cc1)S(=O)(=O)c1ccccc1)N1CCN(Cc2ccccc2)CC1. The number of amides is 1. The Hall–Kier alpha value is -3.23. The lowest BCUT2D eigenvalue weighted by Gasteiger charge is -2.36. The zero-order valence-electron chi connectivity index (χ0n) is 18.2. The fourth-order valence-corrected chi connectivity index (χ4v) is 5.30. The van der Waals surface area contributed by atoms with Gasteiger partial charge in [-0.15, -0.1) is 0 Å². The Labute approximate surface area is 193 Å². The van der Waals surface area contributed by atoms with Gasteiger partial charge < -0.3 is 4.90 Å². The van der Waals surface area contributed by atoms with Crippen molar-refractivity contribution in [3.05, 3.63) is 96.3 Å². The van der Waals surface area contributed by atoms with E-state index < -0.39 is 15.8 Å². The molecule has 8 heteroatoms. The average molecular weight is 468 g/mol. The van der Waals surface area contributed by atoms with Gasteiger partial charge in [-0.05, 0) is 42.0 Å². The van der Waals surface area contributed by atoms with E-state index in [0.717, 1.165) is 10.8 Å². The van der Waals surface area contributed by atoms with Crippen LogP contribution in [-0.4, -0.2) is 56.8 Å². The second-order valence-electron chi connectivity index (χ2n) is 7.94. The first-order valence-corrected chi connectivity index (χ1v) is 12.2.